The van der Waals surface area contributed by atoms with Crippen LogP contribution in [0.3, 0.4) is 0 Å². The molecule has 1 saturated heterocycles. The second-order valence-corrected chi connectivity index (χ2v) is 4.35. The van der Waals surface area contributed by atoms with Gasteiger partial charge in [0.15, 0.2) is 0 Å². The number of aromatic nitrogens is 2. The molecular weight excluding hydrogens is 202 g/mol. The van der Waals surface area contributed by atoms with Crippen LogP contribution in [-0.4, -0.2) is 27.7 Å². The first-order chi connectivity index (χ1) is 7.75. The van der Waals surface area contributed by atoms with Crippen molar-refractivity contribution in [3.63, 3.8) is 0 Å². The molecule has 3 rings (SSSR count). The fourth-order valence-corrected chi connectivity index (χ4v) is 2.52. The Hall–Kier alpha value is -1.55. The minimum absolute atomic E-state index is 0.305. The molecule has 1 fully saturated rings. The molecule has 0 amide bonds. The van der Waals surface area contributed by atoms with E-state index in [2.05, 4.69) is 14.9 Å². The summed E-state index contributed by atoms with van der Waals surface area (Å²) in [5, 5.41) is 12.9. The zero-order valence-corrected chi connectivity index (χ0v) is 9.27. The van der Waals surface area contributed by atoms with Crippen molar-refractivity contribution < 1.29 is 5.11 Å². The quantitative estimate of drug-likeness (QED) is 0.762. The van der Waals surface area contributed by atoms with E-state index in [4.69, 9.17) is 0 Å². The number of rotatable bonds is 1. The van der Waals surface area contributed by atoms with Crippen LogP contribution >= 0.6 is 0 Å². The number of hydrogen-bond acceptors (Lipinski definition) is 3. The maximum absolute atomic E-state index is 9.55. The van der Waals surface area contributed by atoms with Crippen molar-refractivity contribution in [2.24, 2.45) is 0 Å². The van der Waals surface area contributed by atoms with E-state index in [1.807, 2.05) is 13.0 Å². The van der Waals surface area contributed by atoms with Gasteiger partial charge >= 0.3 is 0 Å². The third-order valence-corrected chi connectivity index (χ3v) is 3.25. The summed E-state index contributed by atoms with van der Waals surface area (Å²) in [6.45, 7) is 4.07. The number of hydrogen-bond donors (Lipinski definition) is 2. The molecule has 0 aliphatic carbocycles. The number of aromatic hydroxyl groups is 1. The second-order valence-electron chi connectivity index (χ2n) is 4.35. The van der Waals surface area contributed by atoms with Gasteiger partial charge in [-0.15, -0.1) is 0 Å². The summed E-state index contributed by atoms with van der Waals surface area (Å²) >= 11 is 0. The smallest absolute Gasteiger partial charge is 0.117 e. The van der Waals surface area contributed by atoms with Gasteiger partial charge in [0.05, 0.1) is 11.0 Å². The number of benzene rings is 1. The Morgan fingerprint density at radius 3 is 3.12 bits per heavy atom. The normalized spacial score (nSPS) is 20.7. The van der Waals surface area contributed by atoms with Crippen LogP contribution in [0.2, 0.25) is 0 Å². The second kappa shape index (κ2) is 3.49. The van der Waals surface area contributed by atoms with Gasteiger partial charge in [-0.1, -0.05) is 0 Å². The van der Waals surface area contributed by atoms with Crippen molar-refractivity contribution in [3.8, 4) is 5.75 Å². The molecule has 1 unspecified atom stereocenters. The van der Waals surface area contributed by atoms with Crippen LogP contribution in [0.15, 0.2) is 18.2 Å². The van der Waals surface area contributed by atoms with Crippen molar-refractivity contribution in [3.05, 3.63) is 24.0 Å². The summed E-state index contributed by atoms with van der Waals surface area (Å²) in [5.74, 6) is 1.33. The molecule has 1 atom stereocenters. The van der Waals surface area contributed by atoms with Gasteiger partial charge in [-0.25, -0.2) is 4.98 Å². The van der Waals surface area contributed by atoms with E-state index >= 15 is 0 Å². The van der Waals surface area contributed by atoms with Crippen LogP contribution in [-0.2, 0) is 0 Å². The first-order valence-electron chi connectivity index (χ1n) is 5.64. The van der Waals surface area contributed by atoms with E-state index < -0.39 is 0 Å². The van der Waals surface area contributed by atoms with Gasteiger partial charge in [-0.3, -0.25) is 0 Å². The molecule has 84 valence electrons. The molecule has 2 heterocycles. The molecule has 1 aromatic heterocycles. The molecule has 1 aliphatic heterocycles. The lowest BCUT2D eigenvalue weighted by Crippen LogP contribution is -2.14. The highest BCUT2D eigenvalue weighted by atomic mass is 16.3. The van der Waals surface area contributed by atoms with E-state index in [1.54, 1.807) is 12.1 Å². The van der Waals surface area contributed by atoms with Crippen LogP contribution < -0.4 is 5.32 Å². The molecule has 0 bridgehead atoms. The van der Waals surface area contributed by atoms with Gasteiger partial charge in [0, 0.05) is 18.7 Å². The standard InChI is InChI=1S/C12H15N3O/c1-8-14-11-3-2-10(16)6-12(11)15(8)9-4-5-13-7-9/h2-3,6,9,13,16H,4-5,7H2,1H3. The van der Waals surface area contributed by atoms with Crippen LogP contribution in [0.25, 0.3) is 11.0 Å². The van der Waals surface area contributed by atoms with E-state index in [9.17, 15) is 5.11 Å². The average molecular weight is 217 g/mol. The number of nitrogens with zero attached hydrogens (tertiary/aromatic N) is 2. The fourth-order valence-electron chi connectivity index (χ4n) is 2.52. The first-order valence-corrected chi connectivity index (χ1v) is 5.64. The number of imidazole rings is 1. The molecule has 1 aromatic carbocycles. The Labute approximate surface area is 93.9 Å². The molecule has 4 nitrogen and oxygen atoms in total. The Morgan fingerprint density at radius 2 is 2.38 bits per heavy atom. The third kappa shape index (κ3) is 1.38. The molecule has 2 N–H and O–H groups in total. The summed E-state index contributed by atoms with van der Waals surface area (Å²) in [6, 6.07) is 5.82. The summed E-state index contributed by atoms with van der Waals surface area (Å²) in [6.07, 6.45) is 1.13. The van der Waals surface area contributed by atoms with Gasteiger partial charge in [-0.05, 0) is 32.0 Å². The van der Waals surface area contributed by atoms with Crippen LogP contribution in [0.4, 0.5) is 0 Å². The van der Waals surface area contributed by atoms with Crippen molar-refractivity contribution in [1.29, 1.82) is 0 Å². The highest BCUT2D eigenvalue weighted by molar-refractivity contribution is 5.77. The van der Waals surface area contributed by atoms with Crippen molar-refractivity contribution in [1.82, 2.24) is 14.9 Å². The molecular formula is C12H15N3O. The summed E-state index contributed by atoms with van der Waals surface area (Å²) in [7, 11) is 0. The van der Waals surface area contributed by atoms with E-state index in [1.165, 1.54) is 0 Å². The SMILES string of the molecule is Cc1nc2ccc(O)cc2n1C1CCNC1. The van der Waals surface area contributed by atoms with Crippen LogP contribution in [0.5, 0.6) is 5.75 Å². The Bertz CT molecular complexity index is 526. The minimum atomic E-state index is 0.305. The molecule has 0 spiro atoms. The van der Waals surface area contributed by atoms with E-state index in [0.29, 0.717) is 11.8 Å². The zero-order chi connectivity index (χ0) is 11.1. The summed E-state index contributed by atoms with van der Waals surface area (Å²) < 4.78 is 2.23. The lowest BCUT2D eigenvalue weighted by molar-refractivity contribution is 0.475. The van der Waals surface area contributed by atoms with Crippen LogP contribution in [0.1, 0.15) is 18.3 Å². The fraction of sp³-hybridized carbons (Fsp3) is 0.417. The summed E-state index contributed by atoms with van der Waals surface area (Å²) in [4.78, 5) is 4.52. The maximum atomic E-state index is 9.55. The molecule has 4 heteroatoms. The van der Waals surface area contributed by atoms with Crippen LogP contribution in [0, 0.1) is 6.92 Å². The molecule has 0 radical (unpaired) electrons. The van der Waals surface area contributed by atoms with Crippen molar-refractivity contribution in [2.45, 2.75) is 19.4 Å². The maximum Gasteiger partial charge on any atom is 0.117 e. The minimum Gasteiger partial charge on any atom is -0.508 e. The summed E-state index contributed by atoms with van der Waals surface area (Å²) in [5.41, 5.74) is 1.99. The number of aryl methyl sites for hydroxylation is 1. The lowest BCUT2D eigenvalue weighted by atomic mass is 10.2. The topological polar surface area (TPSA) is 50.1 Å². The Balaban J connectivity index is 2.20. The van der Waals surface area contributed by atoms with Gasteiger partial charge in [0.2, 0.25) is 0 Å². The zero-order valence-electron chi connectivity index (χ0n) is 9.27. The Morgan fingerprint density at radius 1 is 1.50 bits per heavy atom. The monoisotopic (exact) mass is 217 g/mol. The average Bonchev–Trinajstić information content (AvgIpc) is 2.83. The van der Waals surface area contributed by atoms with Gasteiger partial charge in [0.1, 0.15) is 11.6 Å². The highest BCUT2D eigenvalue weighted by Gasteiger charge is 2.20. The van der Waals surface area contributed by atoms with Crippen molar-refractivity contribution in [2.75, 3.05) is 13.1 Å². The molecule has 16 heavy (non-hydrogen) atoms. The number of nitrogens with one attached hydrogen (secondary N) is 1. The van der Waals surface area contributed by atoms with E-state index in [0.717, 1.165) is 36.4 Å². The lowest BCUT2D eigenvalue weighted by Gasteiger charge is -2.13. The third-order valence-electron chi connectivity index (χ3n) is 3.25. The number of phenolic OH excluding ortho intramolecular Hbond substituents is 1. The van der Waals surface area contributed by atoms with Crippen molar-refractivity contribution >= 4 is 11.0 Å². The van der Waals surface area contributed by atoms with Gasteiger partial charge in [-0.2, -0.15) is 0 Å². The van der Waals surface area contributed by atoms with Gasteiger partial charge < -0.3 is 15.0 Å². The molecule has 0 saturated carbocycles. The van der Waals surface area contributed by atoms with E-state index in [-0.39, 0.29) is 0 Å². The predicted molar refractivity (Wildman–Crippen MR) is 62.7 cm³/mol. The van der Waals surface area contributed by atoms with Gasteiger partial charge in [0.25, 0.3) is 0 Å². The first kappa shape index (κ1) is 9.66. The number of phenols is 1. The number of fused-ring (bicyclic) bond motifs is 1. The largest absolute Gasteiger partial charge is 0.508 e. The predicted octanol–water partition coefficient (Wildman–Crippen LogP) is 1.58. The molecule has 2 aromatic rings. The Kier molecular flexibility index (Phi) is 2.11. The molecule has 1 aliphatic rings. The highest BCUT2D eigenvalue weighted by Crippen LogP contribution is 2.26.